The highest BCUT2D eigenvalue weighted by Crippen LogP contribution is 2.37. The summed E-state index contributed by atoms with van der Waals surface area (Å²) < 4.78 is 8.35. The number of hydrogen-bond acceptors (Lipinski definition) is 6. The van der Waals surface area contributed by atoms with Gasteiger partial charge in [-0.3, -0.25) is 0 Å². The number of nitrogens with zero attached hydrogens (tertiary/aromatic N) is 3. The Labute approximate surface area is 202 Å². The molecule has 0 fully saturated rings. The summed E-state index contributed by atoms with van der Waals surface area (Å²) in [7, 11) is 0. The molecule has 1 heterocycles. The van der Waals surface area contributed by atoms with Gasteiger partial charge in [-0.25, -0.2) is 4.98 Å². The normalized spacial score (nSPS) is 11.3. The summed E-state index contributed by atoms with van der Waals surface area (Å²) in [6, 6.07) is 5.57. The quantitative estimate of drug-likeness (QED) is 0.152. The highest BCUT2D eigenvalue weighted by molar-refractivity contribution is 8.22. The second-order valence-corrected chi connectivity index (χ2v) is 9.28. The van der Waals surface area contributed by atoms with Crippen LogP contribution in [0.3, 0.4) is 0 Å². The molecule has 11 heteroatoms. The molecule has 0 bridgehead atoms. The molecule has 0 saturated carbocycles. The van der Waals surface area contributed by atoms with Crippen molar-refractivity contribution in [2.45, 2.75) is 57.2 Å². The van der Waals surface area contributed by atoms with Gasteiger partial charge in [-0.05, 0) is 36.3 Å². The molecular formula is C20H27Cl2N3O4S2. The van der Waals surface area contributed by atoms with Gasteiger partial charge in [0.1, 0.15) is 0 Å². The van der Waals surface area contributed by atoms with Gasteiger partial charge in [-0.1, -0.05) is 80.1 Å². The van der Waals surface area contributed by atoms with E-state index in [9.17, 15) is 0 Å². The Morgan fingerprint density at radius 1 is 1.32 bits per heavy atom. The van der Waals surface area contributed by atoms with E-state index < -0.39 is 5.09 Å². The maximum absolute atomic E-state index is 8.36. The van der Waals surface area contributed by atoms with Crippen LogP contribution in [0.2, 0.25) is 10.0 Å². The van der Waals surface area contributed by atoms with Crippen LogP contribution in [0.4, 0.5) is 0 Å². The topological polar surface area (TPSA) is 90.4 Å². The summed E-state index contributed by atoms with van der Waals surface area (Å²) >= 11 is 19.5. The van der Waals surface area contributed by atoms with E-state index in [0.29, 0.717) is 27.6 Å². The van der Waals surface area contributed by atoms with Crippen molar-refractivity contribution >= 4 is 51.6 Å². The number of imidazole rings is 1. The Kier molecular flexibility index (Phi) is 14.3. The Bertz CT molecular complexity index is 791. The van der Waals surface area contributed by atoms with Crippen LogP contribution in [0, 0.1) is 10.1 Å². The second-order valence-electron chi connectivity index (χ2n) is 6.64. The molecule has 1 unspecified atom stereocenters. The second kappa shape index (κ2) is 16.1. The van der Waals surface area contributed by atoms with Crippen molar-refractivity contribution in [3.63, 3.8) is 0 Å². The third-order valence-electron chi connectivity index (χ3n) is 4.20. The lowest BCUT2D eigenvalue weighted by molar-refractivity contribution is -0.742. The van der Waals surface area contributed by atoms with Crippen LogP contribution in [-0.2, 0) is 11.3 Å². The number of thioether (sulfide) groups is 1. The highest BCUT2D eigenvalue weighted by atomic mass is 35.5. The predicted molar refractivity (Wildman–Crippen MR) is 130 cm³/mol. The standard InChI is InChI=1S/C20H26Cl2N2OS2.HNO3/c1-2-3-4-5-6-7-12-25-20(26)27-19(14-24-11-10-23-15-24)17-9-8-16(21)13-18(17)22;2-1(3)4/h8-11,13,15,19H,2-7,12,14H2,1H3;(H,2,3,4). The number of rotatable bonds is 11. The van der Waals surface area contributed by atoms with E-state index in [1.165, 1.54) is 43.9 Å². The van der Waals surface area contributed by atoms with Crippen molar-refractivity contribution < 1.29 is 15.0 Å². The first-order valence-corrected chi connectivity index (χ1v) is 11.9. The van der Waals surface area contributed by atoms with Crippen LogP contribution in [0.25, 0.3) is 0 Å². The fraction of sp³-hybridized carbons (Fsp3) is 0.500. The van der Waals surface area contributed by atoms with Crippen molar-refractivity contribution in [2.24, 2.45) is 0 Å². The summed E-state index contributed by atoms with van der Waals surface area (Å²) in [5, 5.41) is 14.9. The van der Waals surface area contributed by atoms with Crippen LogP contribution in [0.1, 0.15) is 56.3 Å². The number of thiocarbonyl (C=S) groups is 1. The number of benzene rings is 1. The van der Waals surface area contributed by atoms with Gasteiger partial charge in [0.2, 0.25) is 4.38 Å². The fourth-order valence-corrected chi connectivity index (χ4v) is 4.74. The molecule has 1 aromatic carbocycles. The summed E-state index contributed by atoms with van der Waals surface area (Å²) in [5.74, 6) is 0. The fourth-order valence-electron chi connectivity index (χ4n) is 2.74. The molecular weight excluding hydrogens is 481 g/mol. The average Bonchev–Trinajstić information content (AvgIpc) is 3.19. The third-order valence-corrected chi connectivity index (χ3v) is 6.17. The summed E-state index contributed by atoms with van der Waals surface area (Å²) in [4.78, 5) is 12.5. The summed E-state index contributed by atoms with van der Waals surface area (Å²) in [5.41, 5.74) is 0.991. The van der Waals surface area contributed by atoms with E-state index in [-0.39, 0.29) is 5.25 Å². The molecule has 172 valence electrons. The van der Waals surface area contributed by atoms with Gasteiger partial charge in [0.25, 0.3) is 5.09 Å². The Balaban J connectivity index is 0.00000110. The molecule has 7 nitrogen and oxygen atoms in total. The minimum Gasteiger partial charge on any atom is -0.479 e. The summed E-state index contributed by atoms with van der Waals surface area (Å²) in [6.45, 7) is 3.60. The zero-order chi connectivity index (χ0) is 23.1. The van der Waals surface area contributed by atoms with Gasteiger partial charge in [-0.15, -0.1) is 10.1 Å². The van der Waals surface area contributed by atoms with Crippen LogP contribution < -0.4 is 0 Å². The number of hydrogen-bond donors (Lipinski definition) is 1. The molecule has 0 saturated heterocycles. The van der Waals surface area contributed by atoms with E-state index in [1.807, 2.05) is 22.9 Å². The molecule has 0 radical (unpaired) electrons. The van der Waals surface area contributed by atoms with E-state index in [0.717, 1.165) is 12.0 Å². The van der Waals surface area contributed by atoms with E-state index in [1.54, 1.807) is 18.6 Å². The van der Waals surface area contributed by atoms with E-state index in [4.69, 9.17) is 55.5 Å². The largest absolute Gasteiger partial charge is 0.479 e. The van der Waals surface area contributed by atoms with E-state index in [2.05, 4.69) is 11.9 Å². The molecule has 0 amide bonds. The van der Waals surface area contributed by atoms with Crippen LogP contribution >= 0.6 is 47.2 Å². The van der Waals surface area contributed by atoms with Crippen LogP contribution in [0.5, 0.6) is 0 Å². The van der Waals surface area contributed by atoms with Gasteiger partial charge in [0.05, 0.1) is 18.2 Å². The Morgan fingerprint density at radius 2 is 2.00 bits per heavy atom. The monoisotopic (exact) mass is 507 g/mol. The van der Waals surface area contributed by atoms with Gasteiger partial charge >= 0.3 is 0 Å². The predicted octanol–water partition coefficient (Wildman–Crippen LogP) is 6.98. The molecule has 1 atom stereocenters. The Hall–Kier alpha value is -1.55. The van der Waals surface area contributed by atoms with E-state index >= 15 is 0 Å². The first kappa shape index (κ1) is 27.5. The average molecular weight is 508 g/mol. The number of halogens is 2. The minimum atomic E-state index is -1.50. The van der Waals surface area contributed by atoms with Crippen LogP contribution in [0.15, 0.2) is 36.9 Å². The first-order valence-electron chi connectivity index (χ1n) is 9.90. The molecule has 2 rings (SSSR count). The molecule has 0 aliphatic carbocycles. The van der Waals surface area contributed by atoms with Crippen molar-refractivity contribution in [1.82, 2.24) is 9.55 Å². The smallest absolute Gasteiger partial charge is 0.291 e. The van der Waals surface area contributed by atoms with Crippen LogP contribution in [-0.4, -0.2) is 30.8 Å². The minimum absolute atomic E-state index is 0.0287. The SMILES string of the molecule is CCCCCCCCOC(=S)SC(Cn1ccnc1)c1ccc(Cl)cc1Cl.O=[N+]([O-])O. The number of unbranched alkanes of at least 4 members (excludes halogenated alkanes) is 5. The van der Waals surface area contributed by atoms with Crippen molar-refractivity contribution in [3.8, 4) is 0 Å². The molecule has 2 aromatic rings. The molecule has 1 N–H and O–H groups in total. The third kappa shape index (κ3) is 12.8. The maximum atomic E-state index is 8.36. The lowest BCUT2D eigenvalue weighted by Crippen LogP contribution is -2.10. The van der Waals surface area contributed by atoms with Crippen molar-refractivity contribution in [2.75, 3.05) is 6.61 Å². The number of aromatic nitrogens is 2. The van der Waals surface area contributed by atoms with Crippen molar-refractivity contribution in [1.29, 1.82) is 0 Å². The summed E-state index contributed by atoms with van der Waals surface area (Å²) in [6.07, 6.45) is 12.9. The van der Waals surface area contributed by atoms with Gasteiger partial charge in [-0.2, -0.15) is 0 Å². The highest BCUT2D eigenvalue weighted by Gasteiger charge is 2.19. The zero-order valence-corrected chi connectivity index (χ0v) is 20.4. The molecule has 1 aromatic heterocycles. The van der Waals surface area contributed by atoms with Gasteiger partial charge in [0, 0.05) is 29.0 Å². The molecule has 0 aliphatic rings. The zero-order valence-electron chi connectivity index (χ0n) is 17.3. The van der Waals surface area contributed by atoms with Gasteiger partial charge in [0.15, 0.2) is 0 Å². The first-order chi connectivity index (χ1) is 14.8. The van der Waals surface area contributed by atoms with Crippen molar-refractivity contribution in [3.05, 3.63) is 62.6 Å². The maximum Gasteiger partial charge on any atom is 0.291 e. The molecule has 0 aliphatic heterocycles. The molecule has 0 spiro atoms. The Morgan fingerprint density at radius 3 is 2.61 bits per heavy atom. The lowest BCUT2D eigenvalue weighted by Gasteiger charge is -2.19. The lowest BCUT2D eigenvalue weighted by atomic mass is 10.1. The molecule has 31 heavy (non-hydrogen) atoms. The van der Waals surface area contributed by atoms with Gasteiger partial charge < -0.3 is 14.5 Å². The number of ether oxygens (including phenoxy) is 1.